The average molecular weight is 444 g/mol. The molecule has 0 unspecified atom stereocenters. The van der Waals surface area contributed by atoms with E-state index in [0.29, 0.717) is 35.7 Å². The molecule has 1 aliphatic carbocycles. The van der Waals surface area contributed by atoms with E-state index in [9.17, 15) is 4.79 Å². The van der Waals surface area contributed by atoms with Crippen LogP contribution >= 0.6 is 0 Å². The first kappa shape index (κ1) is 21.0. The first-order chi connectivity index (χ1) is 16.0. The Bertz CT molecular complexity index is 1340. The van der Waals surface area contributed by atoms with E-state index in [1.807, 2.05) is 41.8 Å². The second kappa shape index (κ2) is 8.24. The third-order valence-corrected chi connectivity index (χ3v) is 6.31. The zero-order valence-corrected chi connectivity index (χ0v) is 19.1. The fourth-order valence-electron chi connectivity index (χ4n) is 4.72. The summed E-state index contributed by atoms with van der Waals surface area (Å²) in [5.74, 6) is 1.69. The van der Waals surface area contributed by atoms with Gasteiger partial charge < -0.3 is 14.2 Å². The van der Waals surface area contributed by atoms with E-state index >= 15 is 0 Å². The molecule has 168 valence electrons. The fraction of sp³-hybridized carbons (Fsp3) is 0.269. The van der Waals surface area contributed by atoms with E-state index in [0.717, 1.165) is 33.7 Å². The SMILES string of the molecule is COc1cc([C@@H]2CC(=O)c3cnc4c(-c5ccccc5)c(C)nn4c3C2)cc(OC)c1OC. The molecule has 0 spiro atoms. The van der Waals surface area contributed by atoms with Crippen LogP contribution in [0, 0.1) is 6.92 Å². The molecule has 33 heavy (non-hydrogen) atoms. The van der Waals surface area contributed by atoms with Crippen LogP contribution in [0.5, 0.6) is 17.2 Å². The summed E-state index contributed by atoms with van der Waals surface area (Å²) in [6, 6.07) is 13.9. The zero-order chi connectivity index (χ0) is 23.1. The summed E-state index contributed by atoms with van der Waals surface area (Å²) in [6.45, 7) is 1.98. The fourth-order valence-corrected chi connectivity index (χ4v) is 4.72. The minimum Gasteiger partial charge on any atom is -0.493 e. The number of nitrogens with zero attached hydrogens (tertiary/aromatic N) is 3. The van der Waals surface area contributed by atoms with Crippen LogP contribution in [0.4, 0.5) is 0 Å². The van der Waals surface area contributed by atoms with E-state index in [1.165, 1.54) is 0 Å². The van der Waals surface area contributed by atoms with Gasteiger partial charge >= 0.3 is 0 Å². The lowest BCUT2D eigenvalue weighted by Crippen LogP contribution is -2.22. The highest BCUT2D eigenvalue weighted by Crippen LogP contribution is 2.43. The van der Waals surface area contributed by atoms with Crippen LogP contribution in [0.15, 0.2) is 48.7 Å². The maximum absolute atomic E-state index is 13.1. The number of ether oxygens (including phenoxy) is 3. The Morgan fingerprint density at radius 2 is 1.67 bits per heavy atom. The number of hydrogen-bond acceptors (Lipinski definition) is 6. The number of rotatable bonds is 5. The molecule has 0 N–H and O–H groups in total. The maximum atomic E-state index is 13.1. The summed E-state index contributed by atoms with van der Waals surface area (Å²) in [5, 5.41) is 4.79. The van der Waals surface area contributed by atoms with E-state index in [4.69, 9.17) is 19.3 Å². The van der Waals surface area contributed by atoms with Crippen molar-refractivity contribution in [1.82, 2.24) is 14.6 Å². The Morgan fingerprint density at radius 3 is 2.30 bits per heavy atom. The van der Waals surface area contributed by atoms with Gasteiger partial charge in [0.05, 0.1) is 38.3 Å². The molecule has 0 aliphatic heterocycles. The number of aryl methyl sites for hydroxylation is 1. The molecule has 0 saturated heterocycles. The Morgan fingerprint density at radius 1 is 0.970 bits per heavy atom. The molecule has 7 heteroatoms. The monoisotopic (exact) mass is 443 g/mol. The molecule has 4 aromatic rings. The normalized spacial score (nSPS) is 15.4. The smallest absolute Gasteiger partial charge is 0.203 e. The van der Waals surface area contributed by atoms with E-state index in [1.54, 1.807) is 27.5 Å². The molecule has 0 amide bonds. The predicted molar refractivity (Wildman–Crippen MR) is 125 cm³/mol. The third kappa shape index (κ3) is 3.40. The van der Waals surface area contributed by atoms with Gasteiger partial charge in [0, 0.05) is 18.2 Å². The summed E-state index contributed by atoms with van der Waals surface area (Å²) in [4.78, 5) is 17.8. The molecule has 7 nitrogen and oxygen atoms in total. The van der Waals surface area contributed by atoms with Crippen LogP contribution in [0.1, 0.15) is 39.6 Å². The first-order valence-corrected chi connectivity index (χ1v) is 10.8. The molecule has 2 heterocycles. The van der Waals surface area contributed by atoms with Crippen molar-refractivity contribution < 1.29 is 19.0 Å². The molecule has 0 saturated carbocycles. The van der Waals surface area contributed by atoms with Crippen molar-refractivity contribution in [2.75, 3.05) is 21.3 Å². The first-order valence-electron chi connectivity index (χ1n) is 10.8. The van der Waals surface area contributed by atoms with Crippen LogP contribution in [0.25, 0.3) is 16.8 Å². The van der Waals surface area contributed by atoms with Crippen LogP contribution < -0.4 is 14.2 Å². The number of fused-ring (bicyclic) bond motifs is 3. The molecule has 0 bridgehead atoms. The van der Waals surface area contributed by atoms with Gasteiger partial charge in [-0.1, -0.05) is 30.3 Å². The lowest BCUT2D eigenvalue weighted by atomic mass is 9.82. The summed E-state index contributed by atoms with van der Waals surface area (Å²) in [5.41, 5.74) is 6.15. The molecule has 1 atom stereocenters. The summed E-state index contributed by atoms with van der Waals surface area (Å²) >= 11 is 0. The largest absolute Gasteiger partial charge is 0.493 e. The highest BCUT2D eigenvalue weighted by molar-refractivity contribution is 5.99. The molecular formula is C26H25N3O4. The van der Waals surface area contributed by atoms with Gasteiger partial charge in [-0.15, -0.1) is 0 Å². The van der Waals surface area contributed by atoms with Crippen molar-refractivity contribution in [1.29, 1.82) is 0 Å². The third-order valence-electron chi connectivity index (χ3n) is 6.31. The average Bonchev–Trinajstić information content (AvgIpc) is 3.19. The Hall–Kier alpha value is -3.87. The van der Waals surface area contributed by atoms with E-state index < -0.39 is 0 Å². The molecule has 2 aromatic carbocycles. The number of carbonyl (C=O) groups excluding carboxylic acids is 1. The van der Waals surface area contributed by atoms with Crippen LogP contribution in [0.2, 0.25) is 0 Å². The van der Waals surface area contributed by atoms with Crippen molar-refractivity contribution in [2.24, 2.45) is 0 Å². The number of benzene rings is 2. The van der Waals surface area contributed by atoms with Crippen molar-refractivity contribution in [3.05, 3.63) is 71.2 Å². The van der Waals surface area contributed by atoms with Crippen molar-refractivity contribution in [2.45, 2.75) is 25.7 Å². The van der Waals surface area contributed by atoms with Gasteiger partial charge in [-0.05, 0) is 42.5 Å². The Kier molecular flexibility index (Phi) is 5.24. The number of aromatic nitrogens is 3. The van der Waals surface area contributed by atoms with Crippen molar-refractivity contribution in [3.8, 4) is 28.4 Å². The summed E-state index contributed by atoms with van der Waals surface area (Å²) < 4.78 is 18.4. The van der Waals surface area contributed by atoms with Crippen LogP contribution in [-0.2, 0) is 6.42 Å². The minimum absolute atomic E-state index is 0.0472. The van der Waals surface area contributed by atoms with E-state index in [-0.39, 0.29) is 11.7 Å². The molecule has 5 rings (SSSR count). The lowest BCUT2D eigenvalue weighted by molar-refractivity contribution is 0.0962. The number of methoxy groups -OCH3 is 3. The second-order valence-corrected chi connectivity index (χ2v) is 8.17. The van der Waals surface area contributed by atoms with Crippen molar-refractivity contribution in [3.63, 3.8) is 0 Å². The van der Waals surface area contributed by atoms with E-state index in [2.05, 4.69) is 17.1 Å². The van der Waals surface area contributed by atoms with Gasteiger partial charge in [-0.25, -0.2) is 9.50 Å². The Balaban J connectivity index is 1.63. The highest BCUT2D eigenvalue weighted by Gasteiger charge is 2.31. The Labute approximate surface area is 191 Å². The van der Waals surface area contributed by atoms with Gasteiger partial charge in [-0.2, -0.15) is 5.10 Å². The number of ketones is 1. The van der Waals surface area contributed by atoms with Gasteiger partial charge in [-0.3, -0.25) is 4.79 Å². The molecule has 1 aliphatic rings. The van der Waals surface area contributed by atoms with Gasteiger partial charge in [0.2, 0.25) is 5.75 Å². The highest BCUT2D eigenvalue weighted by atomic mass is 16.5. The molecular weight excluding hydrogens is 418 g/mol. The number of carbonyl (C=O) groups is 1. The van der Waals surface area contributed by atoms with Crippen LogP contribution in [-0.4, -0.2) is 41.7 Å². The summed E-state index contributed by atoms with van der Waals surface area (Å²) in [6.07, 6.45) is 2.73. The van der Waals surface area contributed by atoms with Gasteiger partial charge in [0.15, 0.2) is 22.9 Å². The number of hydrogen-bond donors (Lipinski definition) is 0. The topological polar surface area (TPSA) is 75.0 Å². The molecule has 0 fully saturated rings. The summed E-state index contributed by atoms with van der Waals surface area (Å²) in [7, 11) is 4.76. The second-order valence-electron chi connectivity index (χ2n) is 8.17. The quantitative estimate of drug-likeness (QED) is 0.447. The maximum Gasteiger partial charge on any atom is 0.203 e. The van der Waals surface area contributed by atoms with Crippen LogP contribution in [0.3, 0.4) is 0 Å². The predicted octanol–water partition coefficient (Wildman–Crippen LogP) is 4.64. The van der Waals surface area contributed by atoms with Crippen molar-refractivity contribution >= 4 is 11.4 Å². The molecule has 0 radical (unpaired) electrons. The lowest BCUT2D eigenvalue weighted by Gasteiger charge is -2.25. The number of Topliss-reactive ketones (excluding diaryl/α,β-unsaturated/α-hetero) is 1. The zero-order valence-electron chi connectivity index (χ0n) is 19.1. The molecule has 2 aromatic heterocycles. The minimum atomic E-state index is -0.0472. The van der Waals surface area contributed by atoms with Gasteiger partial charge in [0.1, 0.15) is 0 Å². The standard InChI is InChI=1S/C26H25N3O4/c1-15-24(16-8-6-5-7-9-16)26-27-14-19-20(29(26)28-15)10-17(11-21(19)30)18-12-22(31-2)25(33-4)23(13-18)32-3/h5-9,12-14,17H,10-11H2,1-4H3/t17-/m0/s1. The van der Waals surface area contributed by atoms with Gasteiger partial charge in [0.25, 0.3) is 0 Å².